The summed E-state index contributed by atoms with van der Waals surface area (Å²) < 4.78 is 5.33. The van der Waals surface area contributed by atoms with Crippen molar-refractivity contribution in [1.29, 1.82) is 0 Å². The van der Waals surface area contributed by atoms with Gasteiger partial charge in [-0.15, -0.1) is 0 Å². The van der Waals surface area contributed by atoms with Gasteiger partial charge in [-0.05, 0) is 37.8 Å². The first-order valence-corrected chi connectivity index (χ1v) is 5.59. The maximum atomic E-state index is 5.33. The maximum absolute atomic E-state index is 5.33. The predicted octanol–water partition coefficient (Wildman–Crippen LogP) is 2.23. The predicted molar refractivity (Wildman–Crippen MR) is 61.0 cm³/mol. The lowest BCUT2D eigenvalue weighted by Gasteiger charge is -2.22. The summed E-state index contributed by atoms with van der Waals surface area (Å²) in [5.41, 5.74) is 2.24. The van der Waals surface area contributed by atoms with Crippen LogP contribution in [0.3, 0.4) is 0 Å². The fraction of sp³-hybridized carbons (Fsp3) is 0.583. The van der Waals surface area contributed by atoms with Gasteiger partial charge in [0.05, 0.1) is 0 Å². The molecule has 0 unspecified atom stereocenters. The molecule has 15 heavy (non-hydrogen) atoms. The number of aromatic nitrogens is 1. The van der Waals surface area contributed by atoms with Gasteiger partial charge in [0.15, 0.2) is 0 Å². The van der Waals surface area contributed by atoms with Crippen LogP contribution in [0.4, 0.5) is 5.69 Å². The maximum Gasteiger partial charge on any atom is 0.0469 e. The van der Waals surface area contributed by atoms with E-state index in [2.05, 4.69) is 16.4 Å². The van der Waals surface area contributed by atoms with E-state index in [1.54, 1.807) is 0 Å². The molecule has 0 aromatic carbocycles. The Balaban J connectivity index is 1.81. The van der Waals surface area contributed by atoms with Crippen LogP contribution in [0.15, 0.2) is 18.3 Å². The molecule has 1 N–H and O–H groups in total. The fourth-order valence-electron chi connectivity index (χ4n) is 1.87. The third-order valence-corrected chi connectivity index (χ3v) is 2.83. The summed E-state index contributed by atoms with van der Waals surface area (Å²) in [7, 11) is 0. The molecule has 0 saturated carbocycles. The van der Waals surface area contributed by atoms with Crippen LogP contribution in [-0.4, -0.2) is 24.7 Å². The molecule has 0 spiro atoms. The van der Waals surface area contributed by atoms with E-state index in [9.17, 15) is 0 Å². The highest BCUT2D eigenvalue weighted by Gasteiger charge is 2.12. The molecule has 1 saturated heterocycles. The molecule has 3 heteroatoms. The first-order chi connectivity index (χ1) is 7.34. The summed E-state index contributed by atoms with van der Waals surface area (Å²) in [5, 5.41) is 3.46. The summed E-state index contributed by atoms with van der Waals surface area (Å²) in [6, 6.07) is 4.10. The van der Waals surface area contributed by atoms with Crippen LogP contribution in [0.25, 0.3) is 0 Å². The number of aryl methyl sites for hydroxylation is 1. The van der Waals surface area contributed by atoms with E-state index in [1.807, 2.05) is 19.2 Å². The van der Waals surface area contributed by atoms with Crippen LogP contribution in [0.1, 0.15) is 18.5 Å². The fourth-order valence-corrected chi connectivity index (χ4v) is 1.87. The second-order valence-corrected chi connectivity index (χ2v) is 4.12. The van der Waals surface area contributed by atoms with E-state index < -0.39 is 0 Å². The van der Waals surface area contributed by atoms with Crippen LogP contribution in [0.5, 0.6) is 0 Å². The van der Waals surface area contributed by atoms with Crippen LogP contribution >= 0.6 is 0 Å². The molecule has 82 valence electrons. The molecule has 1 aliphatic heterocycles. The molecule has 0 radical (unpaired) electrons. The number of nitrogens with one attached hydrogen (secondary N) is 1. The first kappa shape index (κ1) is 10.4. The first-order valence-electron chi connectivity index (χ1n) is 5.59. The second-order valence-electron chi connectivity index (χ2n) is 4.12. The van der Waals surface area contributed by atoms with Gasteiger partial charge in [0, 0.05) is 37.3 Å². The zero-order valence-corrected chi connectivity index (χ0v) is 9.20. The lowest BCUT2D eigenvalue weighted by Crippen LogP contribution is -2.22. The van der Waals surface area contributed by atoms with E-state index in [0.29, 0.717) is 0 Å². The van der Waals surface area contributed by atoms with Gasteiger partial charge in [0.1, 0.15) is 0 Å². The lowest BCUT2D eigenvalue weighted by atomic mass is 10.0. The molecular formula is C12H18N2O. The Bertz CT molecular complexity index is 308. The number of hydrogen-bond acceptors (Lipinski definition) is 3. The molecule has 2 rings (SSSR count). The number of pyridine rings is 1. The largest absolute Gasteiger partial charge is 0.385 e. The third-order valence-electron chi connectivity index (χ3n) is 2.83. The highest BCUT2D eigenvalue weighted by Crippen LogP contribution is 2.16. The van der Waals surface area contributed by atoms with Crippen LogP contribution in [0.2, 0.25) is 0 Å². The minimum atomic E-state index is 0.757. The van der Waals surface area contributed by atoms with Gasteiger partial charge >= 0.3 is 0 Å². The minimum absolute atomic E-state index is 0.757. The summed E-state index contributed by atoms with van der Waals surface area (Å²) in [4.78, 5) is 4.17. The number of nitrogens with zero attached hydrogens (tertiary/aromatic N) is 1. The quantitative estimate of drug-likeness (QED) is 0.823. The van der Waals surface area contributed by atoms with E-state index >= 15 is 0 Å². The van der Waals surface area contributed by atoms with Gasteiger partial charge < -0.3 is 10.1 Å². The molecule has 3 nitrogen and oxygen atoms in total. The summed E-state index contributed by atoms with van der Waals surface area (Å²) in [5.74, 6) is 0.757. The van der Waals surface area contributed by atoms with Crippen LogP contribution in [0, 0.1) is 12.8 Å². The van der Waals surface area contributed by atoms with Gasteiger partial charge in [-0.25, -0.2) is 0 Å². The average Bonchev–Trinajstić information content (AvgIpc) is 2.28. The van der Waals surface area contributed by atoms with E-state index in [4.69, 9.17) is 4.74 Å². The van der Waals surface area contributed by atoms with Crippen molar-refractivity contribution in [3.63, 3.8) is 0 Å². The molecule has 0 aliphatic carbocycles. The van der Waals surface area contributed by atoms with Crippen molar-refractivity contribution in [2.75, 3.05) is 25.1 Å². The van der Waals surface area contributed by atoms with Gasteiger partial charge in [-0.1, -0.05) is 0 Å². The SMILES string of the molecule is Cc1cc(NCC2CCOCC2)ccn1. The molecule has 1 aromatic heterocycles. The van der Waals surface area contributed by atoms with E-state index in [1.165, 1.54) is 18.5 Å². The molecule has 2 heterocycles. The van der Waals surface area contributed by atoms with Crippen molar-refractivity contribution in [2.24, 2.45) is 5.92 Å². The van der Waals surface area contributed by atoms with Crippen molar-refractivity contribution >= 4 is 5.69 Å². The van der Waals surface area contributed by atoms with Crippen molar-refractivity contribution in [3.05, 3.63) is 24.0 Å². The Morgan fingerprint density at radius 2 is 2.27 bits per heavy atom. The molecular weight excluding hydrogens is 188 g/mol. The smallest absolute Gasteiger partial charge is 0.0469 e. The minimum Gasteiger partial charge on any atom is -0.385 e. The summed E-state index contributed by atoms with van der Waals surface area (Å²) >= 11 is 0. The van der Waals surface area contributed by atoms with Crippen molar-refractivity contribution < 1.29 is 4.74 Å². The van der Waals surface area contributed by atoms with E-state index in [0.717, 1.165) is 31.4 Å². The third kappa shape index (κ3) is 3.20. The summed E-state index contributed by atoms with van der Waals surface area (Å²) in [6.07, 6.45) is 4.20. The highest BCUT2D eigenvalue weighted by atomic mass is 16.5. The Labute approximate surface area is 90.9 Å². The zero-order chi connectivity index (χ0) is 10.5. The Morgan fingerprint density at radius 3 is 3.00 bits per heavy atom. The highest BCUT2D eigenvalue weighted by molar-refractivity contribution is 5.42. The molecule has 1 aromatic rings. The molecule has 1 aliphatic rings. The molecule has 1 fully saturated rings. The number of hydrogen-bond donors (Lipinski definition) is 1. The van der Waals surface area contributed by atoms with Gasteiger partial charge in [0.2, 0.25) is 0 Å². The number of anilines is 1. The Hall–Kier alpha value is -1.09. The number of rotatable bonds is 3. The zero-order valence-electron chi connectivity index (χ0n) is 9.20. The van der Waals surface area contributed by atoms with Crippen molar-refractivity contribution in [1.82, 2.24) is 4.98 Å². The number of ether oxygens (including phenoxy) is 1. The normalized spacial score (nSPS) is 17.7. The topological polar surface area (TPSA) is 34.1 Å². The van der Waals surface area contributed by atoms with Gasteiger partial charge in [-0.3, -0.25) is 4.98 Å². The van der Waals surface area contributed by atoms with Gasteiger partial charge in [0.25, 0.3) is 0 Å². The van der Waals surface area contributed by atoms with E-state index in [-0.39, 0.29) is 0 Å². The standard InChI is InChI=1S/C12H18N2O/c1-10-8-12(2-5-13-10)14-9-11-3-6-15-7-4-11/h2,5,8,11H,3-4,6-7,9H2,1H3,(H,13,14). The van der Waals surface area contributed by atoms with Crippen LogP contribution < -0.4 is 5.32 Å². The second kappa shape index (κ2) is 5.12. The van der Waals surface area contributed by atoms with Gasteiger partial charge in [-0.2, -0.15) is 0 Å². The molecule has 0 bridgehead atoms. The molecule has 0 amide bonds. The van der Waals surface area contributed by atoms with Crippen LogP contribution in [-0.2, 0) is 4.74 Å². The Kier molecular flexibility index (Phi) is 3.56. The molecule has 0 atom stereocenters. The van der Waals surface area contributed by atoms with Crippen molar-refractivity contribution in [2.45, 2.75) is 19.8 Å². The monoisotopic (exact) mass is 206 g/mol. The average molecular weight is 206 g/mol. The van der Waals surface area contributed by atoms with Crippen molar-refractivity contribution in [3.8, 4) is 0 Å². The lowest BCUT2D eigenvalue weighted by molar-refractivity contribution is 0.0699. The summed E-state index contributed by atoms with van der Waals surface area (Å²) in [6.45, 7) is 4.90. The Morgan fingerprint density at radius 1 is 1.47 bits per heavy atom.